The Hall–Kier alpha value is -1.51. The normalized spacial score (nSPS) is 10.3. The molecule has 0 radical (unpaired) electrons. The molecule has 1 rings (SSSR count). The van der Waals surface area contributed by atoms with Gasteiger partial charge in [-0.2, -0.15) is 0 Å². The maximum atomic E-state index is 4.01. The van der Waals surface area contributed by atoms with E-state index in [1.54, 1.807) is 12.4 Å². The van der Waals surface area contributed by atoms with E-state index < -0.39 is 0 Å². The number of aliphatic imine (C=N–C) groups is 1. The summed E-state index contributed by atoms with van der Waals surface area (Å²) < 4.78 is 0. The summed E-state index contributed by atoms with van der Waals surface area (Å²) in [6.45, 7) is 5.25. The highest BCUT2D eigenvalue weighted by Gasteiger charge is 1.91. The molecule has 0 saturated heterocycles. The van der Waals surface area contributed by atoms with E-state index in [9.17, 15) is 0 Å². The summed E-state index contributed by atoms with van der Waals surface area (Å²) >= 11 is 0. The molecule has 0 saturated carbocycles. The largest absolute Gasteiger partial charge is 0.272 e. The highest BCUT2D eigenvalue weighted by atomic mass is 14.8. The van der Waals surface area contributed by atoms with Crippen LogP contribution in [-0.4, -0.2) is 16.7 Å². The summed E-state index contributed by atoms with van der Waals surface area (Å²) in [5, 5.41) is 0. The number of rotatable bonds is 2. The maximum absolute atomic E-state index is 4.01. The van der Waals surface area contributed by atoms with Gasteiger partial charge in [-0.1, -0.05) is 0 Å². The topological polar surface area (TPSA) is 38.1 Å². The summed E-state index contributed by atoms with van der Waals surface area (Å²) in [6.07, 6.45) is 6.70. The maximum Gasteiger partial charge on any atom is 0.115 e. The summed E-state index contributed by atoms with van der Waals surface area (Å²) in [7, 11) is 0. The average Bonchev–Trinajstić information content (AvgIpc) is 2.03. The molecule has 0 atom stereocenters. The molecule has 0 unspecified atom stereocenters. The lowest BCUT2D eigenvalue weighted by Gasteiger charge is -1.94. The smallest absolute Gasteiger partial charge is 0.115 e. The number of hydrogen-bond donors (Lipinski definition) is 0. The van der Waals surface area contributed by atoms with E-state index in [0.717, 1.165) is 11.3 Å². The molecule has 0 aliphatic heterocycles. The van der Waals surface area contributed by atoms with E-state index in [-0.39, 0.29) is 0 Å². The van der Waals surface area contributed by atoms with Crippen LogP contribution in [0.3, 0.4) is 0 Å². The monoisotopic (exact) mass is 147 g/mol. The van der Waals surface area contributed by atoms with Gasteiger partial charge >= 0.3 is 0 Å². The van der Waals surface area contributed by atoms with Crippen LogP contribution >= 0.6 is 0 Å². The fourth-order valence-corrected chi connectivity index (χ4v) is 0.698. The molecule has 0 amide bonds. The predicted octanol–water partition coefficient (Wildman–Crippen LogP) is 1.46. The van der Waals surface area contributed by atoms with Crippen LogP contribution in [0.25, 0.3) is 6.08 Å². The summed E-state index contributed by atoms with van der Waals surface area (Å²) in [6, 6.07) is 0. The number of aryl methyl sites for hydroxylation is 1. The molecule has 0 aliphatic carbocycles. The molecule has 3 heteroatoms. The fourth-order valence-electron chi connectivity index (χ4n) is 0.698. The zero-order valence-corrected chi connectivity index (χ0v) is 6.36. The van der Waals surface area contributed by atoms with E-state index in [2.05, 4.69) is 21.7 Å². The van der Waals surface area contributed by atoms with Crippen molar-refractivity contribution in [1.29, 1.82) is 0 Å². The minimum atomic E-state index is 0.944. The van der Waals surface area contributed by atoms with Gasteiger partial charge in [0.05, 0.1) is 0 Å². The van der Waals surface area contributed by atoms with Crippen molar-refractivity contribution in [3.05, 3.63) is 30.0 Å². The SMILES string of the molecule is C=N/C=C\c1cncnc1C. The van der Waals surface area contributed by atoms with Crippen LogP contribution in [0.15, 0.2) is 23.7 Å². The highest BCUT2D eigenvalue weighted by molar-refractivity contribution is 5.50. The molecular formula is C8H9N3. The van der Waals surface area contributed by atoms with Crippen molar-refractivity contribution in [2.24, 2.45) is 4.99 Å². The highest BCUT2D eigenvalue weighted by Crippen LogP contribution is 2.03. The molecular weight excluding hydrogens is 138 g/mol. The first-order valence-electron chi connectivity index (χ1n) is 3.23. The van der Waals surface area contributed by atoms with E-state index in [1.807, 2.05) is 13.0 Å². The molecule has 0 aromatic carbocycles. The standard InChI is InChI=1S/C8H9N3/c1-7-8(3-4-9-2)5-10-6-11-7/h3-6H,2H2,1H3/b4-3-. The first kappa shape index (κ1) is 7.60. The Balaban J connectivity index is 2.94. The van der Waals surface area contributed by atoms with Crippen LogP contribution in [0.1, 0.15) is 11.3 Å². The van der Waals surface area contributed by atoms with Gasteiger partial charge in [-0.25, -0.2) is 9.97 Å². The van der Waals surface area contributed by atoms with Gasteiger partial charge in [0.15, 0.2) is 0 Å². The zero-order chi connectivity index (χ0) is 8.10. The lowest BCUT2D eigenvalue weighted by atomic mass is 10.2. The van der Waals surface area contributed by atoms with Crippen molar-refractivity contribution in [2.75, 3.05) is 0 Å². The van der Waals surface area contributed by atoms with Crippen LogP contribution in [0.2, 0.25) is 0 Å². The molecule has 1 heterocycles. The van der Waals surface area contributed by atoms with E-state index in [0.29, 0.717) is 0 Å². The third kappa shape index (κ3) is 1.97. The van der Waals surface area contributed by atoms with Gasteiger partial charge in [-0.05, 0) is 19.7 Å². The van der Waals surface area contributed by atoms with Gasteiger partial charge in [0.1, 0.15) is 6.33 Å². The van der Waals surface area contributed by atoms with Crippen molar-refractivity contribution in [3.63, 3.8) is 0 Å². The van der Waals surface area contributed by atoms with Crippen molar-refractivity contribution in [2.45, 2.75) is 6.92 Å². The Morgan fingerprint density at radius 2 is 2.45 bits per heavy atom. The van der Waals surface area contributed by atoms with Crippen molar-refractivity contribution >= 4 is 12.8 Å². The van der Waals surface area contributed by atoms with Crippen LogP contribution in [0.5, 0.6) is 0 Å². The second-order valence-electron chi connectivity index (χ2n) is 2.06. The quantitative estimate of drug-likeness (QED) is 0.594. The van der Waals surface area contributed by atoms with E-state index >= 15 is 0 Å². The Kier molecular flexibility index (Phi) is 2.49. The van der Waals surface area contributed by atoms with Gasteiger partial charge in [0.2, 0.25) is 0 Å². The first-order valence-corrected chi connectivity index (χ1v) is 3.23. The van der Waals surface area contributed by atoms with Crippen LogP contribution < -0.4 is 0 Å². The Morgan fingerprint density at radius 1 is 1.64 bits per heavy atom. The Labute approximate surface area is 65.5 Å². The van der Waals surface area contributed by atoms with Gasteiger partial charge in [-0.3, -0.25) is 4.99 Å². The van der Waals surface area contributed by atoms with Gasteiger partial charge in [0.25, 0.3) is 0 Å². The zero-order valence-electron chi connectivity index (χ0n) is 6.36. The fraction of sp³-hybridized carbons (Fsp3) is 0.125. The van der Waals surface area contributed by atoms with Crippen LogP contribution in [0, 0.1) is 6.92 Å². The molecule has 3 nitrogen and oxygen atoms in total. The average molecular weight is 147 g/mol. The molecule has 0 fully saturated rings. The second-order valence-corrected chi connectivity index (χ2v) is 2.06. The summed E-state index contributed by atoms with van der Waals surface area (Å²) in [4.78, 5) is 11.5. The number of aromatic nitrogens is 2. The summed E-state index contributed by atoms with van der Waals surface area (Å²) in [5.41, 5.74) is 1.92. The van der Waals surface area contributed by atoms with Crippen molar-refractivity contribution in [3.8, 4) is 0 Å². The van der Waals surface area contributed by atoms with Gasteiger partial charge in [0, 0.05) is 23.7 Å². The lowest BCUT2D eigenvalue weighted by molar-refractivity contribution is 1.09. The van der Waals surface area contributed by atoms with Gasteiger partial charge < -0.3 is 0 Å². The lowest BCUT2D eigenvalue weighted by Crippen LogP contribution is -1.86. The molecule has 0 spiro atoms. The number of hydrogen-bond acceptors (Lipinski definition) is 3. The molecule has 0 N–H and O–H groups in total. The van der Waals surface area contributed by atoms with E-state index in [1.165, 1.54) is 6.33 Å². The van der Waals surface area contributed by atoms with Crippen LogP contribution in [0.4, 0.5) is 0 Å². The third-order valence-electron chi connectivity index (χ3n) is 1.31. The third-order valence-corrected chi connectivity index (χ3v) is 1.31. The minimum Gasteiger partial charge on any atom is -0.272 e. The van der Waals surface area contributed by atoms with Gasteiger partial charge in [-0.15, -0.1) is 0 Å². The minimum absolute atomic E-state index is 0.944. The predicted molar refractivity (Wildman–Crippen MR) is 45.4 cm³/mol. The first-order chi connectivity index (χ1) is 5.34. The number of nitrogens with zero attached hydrogens (tertiary/aromatic N) is 3. The molecule has 56 valence electrons. The molecule has 11 heavy (non-hydrogen) atoms. The molecule has 1 aromatic heterocycles. The van der Waals surface area contributed by atoms with E-state index in [4.69, 9.17) is 0 Å². The molecule has 1 aromatic rings. The Bertz CT molecular complexity index is 278. The van der Waals surface area contributed by atoms with Crippen molar-refractivity contribution in [1.82, 2.24) is 9.97 Å². The molecule has 0 aliphatic rings. The van der Waals surface area contributed by atoms with Crippen molar-refractivity contribution < 1.29 is 0 Å². The second kappa shape index (κ2) is 3.61. The van der Waals surface area contributed by atoms with Crippen LogP contribution in [-0.2, 0) is 0 Å². The summed E-state index contributed by atoms with van der Waals surface area (Å²) in [5.74, 6) is 0. The Morgan fingerprint density at radius 3 is 3.09 bits per heavy atom. The molecule has 0 bridgehead atoms.